The molecule has 4 heterocycles. The molecule has 192 valence electrons. The van der Waals surface area contributed by atoms with Gasteiger partial charge in [0, 0.05) is 24.2 Å². The minimum atomic E-state index is -0.576. The molecule has 37 heavy (non-hydrogen) atoms. The number of rotatable bonds is 5. The number of nitrogens with one attached hydrogen (secondary N) is 1. The smallest absolute Gasteiger partial charge is 0.391 e. The summed E-state index contributed by atoms with van der Waals surface area (Å²) in [5.41, 5.74) is 1.74. The van der Waals surface area contributed by atoms with Gasteiger partial charge in [-0.1, -0.05) is 6.07 Å². The van der Waals surface area contributed by atoms with Crippen LogP contribution in [-0.4, -0.2) is 49.9 Å². The molecular formula is C25H23BrFN5O3S2. The van der Waals surface area contributed by atoms with E-state index in [9.17, 15) is 14.0 Å². The van der Waals surface area contributed by atoms with Crippen LogP contribution in [0.25, 0.3) is 15.4 Å². The molecule has 0 unspecified atom stereocenters. The molecule has 1 aliphatic heterocycles. The highest BCUT2D eigenvalue weighted by Gasteiger charge is 2.49. The first-order valence-corrected chi connectivity index (χ1v) is 14.4. The average molecular weight is 605 g/mol. The minimum absolute atomic E-state index is 0.109. The Morgan fingerprint density at radius 1 is 1.27 bits per heavy atom. The molecule has 8 nitrogen and oxygen atoms in total. The fraction of sp³-hybridized carbons (Fsp3) is 0.360. The first-order valence-electron chi connectivity index (χ1n) is 11.9. The van der Waals surface area contributed by atoms with Gasteiger partial charge in [-0.3, -0.25) is 9.20 Å². The quantitative estimate of drug-likeness (QED) is 0.310. The standard InChI is InChI=1S/C25H23BrFN5O3S2/c1-12-23(31-7-8-36-24(31)29-12)35-25(34)28-11-19-14-3-5-16(9-14)32(19)22(33)20-21(37-13(2)30-20)15-4-6-18(27)17(26)10-15/h4,6-8,10,14,16,19H,3,5,9,11H2,1-2H3,(H,28,34)/t14-,16+,19+/m0/s1. The Morgan fingerprint density at radius 3 is 2.92 bits per heavy atom. The van der Waals surface area contributed by atoms with Crippen LogP contribution in [0.15, 0.2) is 34.2 Å². The number of benzene rings is 1. The average Bonchev–Trinajstić information content (AvgIpc) is 3.68. The van der Waals surface area contributed by atoms with Gasteiger partial charge in [0.1, 0.15) is 17.2 Å². The van der Waals surface area contributed by atoms with Gasteiger partial charge in [-0.15, -0.1) is 22.7 Å². The van der Waals surface area contributed by atoms with E-state index in [2.05, 4.69) is 31.2 Å². The van der Waals surface area contributed by atoms with Crippen molar-refractivity contribution in [2.24, 2.45) is 5.92 Å². The molecule has 0 spiro atoms. The first kappa shape index (κ1) is 24.5. The van der Waals surface area contributed by atoms with E-state index >= 15 is 0 Å². The van der Waals surface area contributed by atoms with Crippen LogP contribution in [0, 0.1) is 25.6 Å². The zero-order chi connectivity index (χ0) is 25.8. The molecule has 1 aromatic carbocycles. The number of halogens is 2. The molecule has 1 saturated heterocycles. The maximum absolute atomic E-state index is 13.9. The Bertz CT molecular complexity index is 1530. The normalized spacial score (nSPS) is 20.6. The molecular weight excluding hydrogens is 581 g/mol. The van der Waals surface area contributed by atoms with Crippen LogP contribution in [0.2, 0.25) is 0 Å². The molecule has 12 heteroatoms. The molecule has 2 aliphatic rings. The monoisotopic (exact) mass is 603 g/mol. The van der Waals surface area contributed by atoms with E-state index < -0.39 is 6.09 Å². The van der Waals surface area contributed by atoms with Crippen molar-refractivity contribution in [3.8, 4) is 16.3 Å². The Balaban J connectivity index is 1.21. The van der Waals surface area contributed by atoms with Gasteiger partial charge in [-0.2, -0.15) is 0 Å². The SMILES string of the molecule is Cc1nc(C(=O)N2[C@@H]3CC[C@@H](C3)[C@H]2CNC(=O)Oc2c(C)nc3sccn23)c(-c2ccc(F)c(Br)c2)s1. The molecule has 2 bridgehead atoms. The number of hydrogen-bond donors (Lipinski definition) is 1. The zero-order valence-electron chi connectivity index (χ0n) is 20.0. The highest BCUT2D eigenvalue weighted by atomic mass is 79.9. The van der Waals surface area contributed by atoms with Crippen LogP contribution < -0.4 is 10.1 Å². The summed E-state index contributed by atoms with van der Waals surface area (Å²) in [5, 5.41) is 5.52. The fourth-order valence-corrected chi connectivity index (χ4v) is 7.55. The lowest BCUT2D eigenvalue weighted by Crippen LogP contribution is -2.50. The van der Waals surface area contributed by atoms with E-state index in [0.29, 0.717) is 32.5 Å². The molecule has 2 amide bonds. The van der Waals surface area contributed by atoms with Gasteiger partial charge in [-0.25, -0.2) is 19.2 Å². The lowest BCUT2D eigenvalue weighted by Gasteiger charge is -2.35. The van der Waals surface area contributed by atoms with Crippen molar-refractivity contribution in [3.63, 3.8) is 0 Å². The number of carbonyl (C=O) groups excluding carboxylic acids is 2. The second-order valence-corrected chi connectivity index (χ2v) is 12.3. The summed E-state index contributed by atoms with van der Waals surface area (Å²) >= 11 is 6.12. The largest absolute Gasteiger partial charge is 0.414 e. The van der Waals surface area contributed by atoms with E-state index in [1.807, 2.05) is 23.4 Å². The summed E-state index contributed by atoms with van der Waals surface area (Å²) in [4.78, 5) is 39.0. The van der Waals surface area contributed by atoms with Crippen molar-refractivity contribution in [2.45, 2.75) is 45.2 Å². The van der Waals surface area contributed by atoms with E-state index in [0.717, 1.165) is 34.8 Å². The number of nitrogens with zero attached hydrogens (tertiary/aromatic N) is 4. The van der Waals surface area contributed by atoms with Crippen LogP contribution in [0.3, 0.4) is 0 Å². The summed E-state index contributed by atoms with van der Waals surface area (Å²) in [6.45, 7) is 3.94. The lowest BCUT2D eigenvalue weighted by molar-refractivity contribution is 0.0585. The number of ether oxygens (including phenoxy) is 1. The third-order valence-electron chi connectivity index (χ3n) is 7.12. The van der Waals surface area contributed by atoms with Crippen LogP contribution >= 0.6 is 38.6 Å². The molecule has 0 radical (unpaired) electrons. The number of imidazole rings is 1. The molecule has 1 aliphatic carbocycles. The molecule has 2 fully saturated rings. The predicted octanol–water partition coefficient (Wildman–Crippen LogP) is 5.82. The van der Waals surface area contributed by atoms with E-state index in [4.69, 9.17) is 4.74 Å². The van der Waals surface area contributed by atoms with E-state index in [-0.39, 0.29) is 30.4 Å². The minimum Gasteiger partial charge on any atom is -0.391 e. The number of amides is 2. The van der Waals surface area contributed by atoms with Crippen molar-refractivity contribution >= 4 is 55.6 Å². The van der Waals surface area contributed by atoms with Crippen LogP contribution in [0.5, 0.6) is 5.88 Å². The second-order valence-electron chi connectivity index (χ2n) is 9.37. The number of likely N-dealkylation sites (tertiary alicyclic amines) is 1. The number of thiazole rings is 2. The number of piperidine rings is 1. The molecule has 1 saturated carbocycles. The van der Waals surface area contributed by atoms with Gasteiger partial charge in [0.25, 0.3) is 5.91 Å². The third kappa shape index (κ3) is 4.34. The van der Waals surface area contributed by atoms with Crippen molar-refractivity contribution in [3.05, 3.63) is 56.5 Å². The third-order valence-corrected chi connectivity index (χ3v) is 9.50. The molecule has 6 rings (SSSR count). The van der Waals surface area contributed by atoms with Crippen LogP contribution in [-0.2, 0) is 0 Å². The number of fused-ring (bicyclic) bond motifs is 3. The van der Waals surface area contributed by atoms with Gasteiger partial charge in [0.2, 0.25) is 5.88 Å². The zero-order valence-corrected chi connectivity index (χ0v) is 23.3. The molecule has 3 atom stereocenters. The van der Waals surface area contributed by atoms with E-state index in [1.165, 1.54) is 28.7 Å². The van der Waals surface area contributed by atoms with E-state index in [1.54, 1.807) is 23.5 Å². The van der Waals surface area contributed by atoms with Crippen LogP contribution in [0.4, 0.5) is 9.18 Å². The Kier molecular flexibility index (Phi) is 6.28. The van der Waals surface area contributed by atoms with Gasteiger partial charge in [-0.05, 0) is 72.7 Å². The topological polar surface area (TPSA) is 88.8 Å². The molecule has 1 N–H and O–H groups in total. The summed E-state index contributed by atoms with van der Waals surface area (Å²) in [6, 6.07) is 4.68. The summed E-state index contributed by atoms with van der Waals surface area (Å²) in [5.74, 6) is 0.178. The van der Waals surface area contributed by atoms with Crippen molar-refractivity contribution in [2.75, 3.05) is 6.54 Å². The highest BCUT2D eigenvalue weighted by molar-refractivity contribution is 9.10. The number of aryl methyl sites for hydroxylation is 2. The predicted molar refractivity (Wildman–Crippen MR) is 143 cm³/mol. The maximum Gasteiger partial charge on any atom is 0.414 e. The van der Waals surface area contributed by atoms with Crippen molar-refractivity contribution < 1.29 is 18.7 Å². The number of carbonyl (C=O) groups is 2. The Labute approximate surface area is 228 Å². The van der Waals surface area contributed by atoms with Gasteiger partial charge in [0.05, 0.1) is 20.4 Å². The molecule has 3 aromatic heterocycles. The summed E-state index contributed by atoms with van der Waals surface area (Å²) < 4.78 is 21.5. The maximum atomic E-state index is 13.9. The fourth-order valence-electron chi connectivity index (χ4n) is 5.51. The lowest BCUT2D eigenvalue weighted by atomic mass is 9.98. The summed E-state index contributed by atoms with van der Waals surface area (Å²) in [6.07, 6.45) is 4.09. The van der Waals surface area contributed by atoms with Gasteiger partial charge < -0.3 is 15.0 Å². The Morgan fingerprint density at radius 2 is 2.11 bits per heavy atom. The number of hydrogen-bond acceptors (Lipinski definition) is 7. The number of aromatic nitrogens is 3. The van der Waals surface area contributed by atoms with Crippen molar-refractivity contribution in [1.29, 1.82) is 0 Å². The molecule has 4 aromatic rings. The van der Waals surface area contributed by atoms with Crippen molar-refractivity contribution in [1.82, 2.24) is 24.6 Å². The first-order chi connectivity index (χ1) is 17.8. The second kappa shape index (κ2) is 9.48. The summed E-state index contributed by atoms with van der Waals surface area (Å²) in [7, 11) is 0. The van der Waals surface area contributed by atoms with Gasteiger partial charge in [0.15, 0.2) is 4.96 Å². The highest BCUT2D eigenvalue weighted by Crippen LogP contribution is 2.44. The van der Waals surface area contributed by atoms with Gasteiger partial charge >= 0.3 is 6.09 Å². The Hall–Kier alpha value is -2.83. The van der Waals surface area contributed by atoms with Crippen LogP contribution in [0.1, 0.15) is 40.5 Å².